The number of hydrogen-bond acceptors (Lipinski definition) is 5. The monoisotopic (exact) mass is 377 g/mol. The zero-order valence-electron chi connectivity index (χ0n) is 13.9. The topological polar surface area (TPSA) is 94.0 Å². The molecule has 0 amide bonds. The van der Waals surface area contributed by atoms with Crippen molar-refractivity contribution in [1.29, 1.82) is 0 Å². The number of non-ortho nitro benzene ring substituents is 2. The maximum Gasteiger partial charge on any atom is 0.270 e. The van der Waals surface area contributed by atoms with Crippen LogP contribution in [0.25, 0.3) is 0 Å². The summed E-state index contributed by atoms with van der Waals surface area (Å²) in [6.07, 6.45) is 0. The van der Waals surface area contributed by atoms with Gasteiger partial charge in [-0.2, -0.15) is 0 Å². The van der Waals surface area contributed by atoms with Crippen molar-refractivity contribution in [2.75, 3.05) is 31.1 Å². The fourth-order valence-electron chi connectivity index (χ4n) is 3.12. The molecule has 2 aromatic carbocycles. The third-order valence-corrected chi connectivity index (χ3v) is 4.95. The standard InChI is InChI=1S/C17H17ClN4O4/c18-17-6-5-16(22(25)26)11-13(17)12-19-7-9-20(10-8-19)14-1-3-15(4-2-14)21(23)24/h1-6,11H,7-10,12H2/p+1. The molecule has 136 valence electrons. The molecule has 0 aromatic heterocycles. The zero-order valence-corrected chi connectivity index (χ0v) is 14.7. The Hall–Kier alpha value is -2.71. The van der Waals surface area contributed by atoms with Gasteiger partial charge in [0.1, 0.15) is 6.54 Å². The molecule has 1 heterocycles. The number of nitrogens with zero attached hydrogens (tertiary/aromatic N) is 3. The maximum absolute atomic E-state index is 10.9. The van der Waals surface area contributed by atoms with Gasteiger partial charge in [0.25, 0.3) is 11.4 Å². The van der Waals surface area contributed by atoms with E-state index in [4.69, 9.17) is 11.6 Å². The number of hydrogen-bond donors (Lipinski definition) is 1. The first-order valence-electron chi connectivity index (χ1n) is 8.20. The number of nitrogens with one attached hydrogen (secondary N) is 1. The molecule has 1 aliphatic rings. The van der Waals surface area contributed by atoms with E-state index in [-0.39, 0.29) is 11.4 Å². The minimum atomic E-state index is -0.415. The quantitative estimate of drug-likeness (QED) is 0.635. The molecule has 3 rings (SSSR count). The number of nitro benzene ring substituents is 2. The molecule has 1 aliphatic heterocycles. The van der Waals surface area contributed by atoms with E-state index >= 15 is 0 Å². The van der Waals surface area contributed by atoms with Crippen molar-refractivity contribution in [1.82, 2.24) is 0 Å². The first-order valence-corrected chi connectivity index (χ1v) is 8.57. The van der Waals surface area contributed by atoms with Gasteiger partial charge in [0.05, 0.1) is 36.0 Å². The van der Waals surface area contributed by atoms with E-state index < -0.39 is 9.85 Å². The third-order valence-electron chi connectivity index (χ3n) is 4.58. The number of anilines is 1. The molecule has 26 heavy (non-hydrogen) atoms. The first-order chi connectivity index (χ1) is 12.4. The second-order valence-corrected chi connectivity index (χ2v) is 6.63. The molecule has 0 aliphatic carbocycles. The molecule has 0 radical (unpaired) electrons. The fourth-order valence-corrected chi connectivity index (χ4v) is 3.31. The van der Waals surface area contributed by atoms with Crippen LogP contribution in [0.1, 0.15) is 5.56 Å². The predicted octanol–water partition coefficient (Wildman–Crippen LogP) is 2.06. The normalized spacial score (nSPS) is 15.0. The molecule has 0 unspecified atom stereocenters. The second-order valence-electron chi connectivity index (χ2n) is 6.22. The summed E-state index contributed by atoms with van der Waals surface area (Å²) in [5.74, 6) is 0. The lowest BCUT2D eigenvalue weighted by atomic mass is 10.1. The Morgan fingerprint density at radius 2 is 1.54 bits per heavy atom. The van der Waals surface area contributed by atoms with E-state index in [9.17, 15) is 20.2 Å². The number of piperazine rings is 1. The lowest BCUT2D eigenvalue weighted by molar-refractivity contribution is -0.914. The van der Waals surface area contributed by atoms with E-state index in [2.05, 4.69) is 4.90 Å². The SMILES string of the molecule is O=[N+]([O-])c1ccc(N2CC[NH+](Cc3cc([N+](=O)[O-])ccc3Cl)CC2)cc1. The third kappa shape index (κ3) is 4.09. The minimum absolute atomic E-state index is 0.0494. The molecule has 0 spiro atoms. The Balaban J connectivity index is 1.61. The Morgan fingerprint density at radius 3 is 2.12 bits per heavy atom. The summed E-state index contributed by atoms with van der Waals surface area (Å²) in [6.45, 7) is 3.96. The van der Waals surface area contributed by atoms with Crippen LogP contribution < -0.4 is 9.80 Å². The summed E-state index contributed by atoms with van der Waals surface area (Å²) in [6, 6.07) is 11.1. The average molecular weight is 378 g/mol. The van der Waals surface area contributed by atoms with Gasteiger partial charge in [-0.15, -0.1) is 0 Å². The molecule has 9 heteroatoms. The van der Waals surface area contributed by atoms with E-state index in [1.54, 1.807) is 18.2 Å². The first kappa shape index (κ1) is 18.1. The van der Waals surface area contributed by atoms with Gasteiger partial charge >= 0.3 is 0 Å². The van der Waals surface area contributed by atoms with Gasteiger partial charge in [-0.05, 0) is 18.2 Å². The molecular formula is C17H18ClN4O4+. The van der Waals surface area contributed by atoms with Crippen LogP contribution in [-0.2, 0) is 6.54 Å². The van der Waals surface area contributed by atoms with Gasteiger partial charge < -0.3 is 9.80 Å². The van der Waals surface area contributed by atoms with Crippen LogP contribution in [0.2, 0.25) is 5.02 Å². The van der Waals surface area contributed by atoms with Gasteiger partial charge in [-0.25, -0.2) is 0 Å². The van der Waals surface area contributed by atoms with E-state index in [0.29, 0.717) is 11.6 Å². The average Bonchev–Trinajstić information content (AvgIpc) is 2.64. The number of rotatable bonds is 5. The van der Waals surface area contributed by atoms with Gasteiger partial charge in [-0.1, -0.05) is 11.6 Å². The lowest BCUT2D eigenvalue weighted by Crippen LogP contribution is -3.13. The predicted molar refractivity (Wildman–Crippen MR) is 97.8 cm³/mol. The van der Waals surface area contributed by atoms with Crippen LogP contribution in [-0.4, -0.2) is 36.0 Å². The van der Waals surface area contributed by atoms with Crippen LogP contribution in [0.5, 0.6) is 0 Å². The van der Waals surface area contributed by atoms with Crippen LogP contribution in [0, 0.1) is 20.2 Å². The highest BCUT2D eigenvalue weighted by molar-refractivity contribution is 6.31. The molecule has 0 atom stereocenters. The summed E-state index contributed by atoms with van der Waals surface area (Å²) in [7, 11) is 0. The van der Waals surface area contributed by atoms with Crippen LogP contribution in [0.4, 0.5) is 17.1 Å². The van der Waals surface area contributed by atoms with Crippen LogP contribution in [0.3, 0.4) is 0 Å². The molecule has 1 N–H and O–H groups in total. The van der Waals surface area contributed by atoms with Gasteiger partial charge in [-0.3, -0.25) is 20.2 Å². The van der Waals surface area contributed by atoms with E-state index in [0.717, 1.165) is 37.4 Å². The largest absolute Gasteiger partial charge is 0.360 e. The second kappa shape index (κ2) is 7.67. The van der Waals surface area contributed by atoms with E-state index in [1.165, 1.54) is 29.2 Å². The van der Waals surface area contributed by atoms with Crippen molar-refractivity contribution >= 4 is 28.7 Å². The Bertz CT molecular complexity index is 820. The van der Waals surface area contributed by atoms with Crippen molar-refractivity contribution in [3.05, 3.63) is 73.3 Å². The van der Waals surface area contributed by atoms with Gasteiger partial charge in [0.2, 0.25) is 0 Å². The van der Waals surface area contributed by atoms with E-state index in [1.807, 2.05) is 0 Å². The Morgan fingerprint density at radius 1 is 0.962 bits per heavy atom. The van der Waals surface area contributed by atoms with Crippen molar-refractivity contribution in [3.63, 3.8) is 0 Å². The van der Waals surface area contributed by atoms with Crippen molar-refractivity contribution < 1.29 is 14.7 Å². The van der Waals surface area contributed by atoms with Crippen molar-refractivity contribution in [2.45, 2.75) is 6.54 Å². The number of halogens is 1. The molecule has 1 fully saturated rings. The minimum Gasteiger partial charge on any atom is -0.360 e. The number of quaternary nitrogens is 1. The molecule has 0 saturated carbocycles. The molecule has 0 bridgehead atoms. The molecule has 2 aromatic rings. The zero-order chi connectivity index (χ0) is 18.7. The Labute approximate surface area is 154 Å². The number of nitro groups is 2. The van der Waals surface area contributed by atoms with Crippen LogP contribution >= 0.6 is 11.6 Å². The Kier molecular flexibility index (Phi) is 5.34. The van der Waals surface area contributed by atoms with Crippen LogP contribution in [0.15, 0.2) is 42.5 Å². The molecular weight excluding hydrogens is 360 g/mol. The summed E-state index contributed by atoms with van der Waals surface area (Å²) in [5, 5.41) is 22.2. The highest BCUT2D eigenvalue weighted by Gasteiger charge is 2.22. The van der Waals surface area contributed by atoms with Gasteiger partial charge in [0.15, 0.2) is 0 Å². The summed E-state index contributed by atoms with van der Waals surface area (Å²) in [4.78, 5) is 24.3. The summed E-state index contributed by atoms with van der Waals surface area (Å²) in [5.41, 5.74) is 1.87. The highest BCUT2D eigenvalue weighted by Crippen LogP contribution is 2.22. The number of benzene rings is 2. The summed E-state index contributed by atoms with van der Waals surface area (Å²) < 4.78 is 0. The van der Waals surface area contributed by atoms with Crippen molar-refractivity contribution in [3.8, 4) is 0 Å². The van der Waals surface area contributed by atoms with Crippen molar-refractivity contribution in [2.24, 2.45) is 0 Å². The lowest BCUT2D eigenvalue weighted by Gasteiger charge is -2.33. The summed E-state index contributed by atoms with van der Waals surface area (Å²) >= 11 is 6.18. The maximum atomic E-state index is 10.9. The van der Waals surface area contributed by atoms with Gasteiger partial charge in [0, 0.05) is 40.5 Å². The fraction of sp³-hybridized carbons (Fsp3) is 0.294. The molecule has 1 saturated heterocycles. The smallest absolute Gasteiger partial charge is 0.270 e. The molecule has 8 nitrogen and oxygen atoms in total. The highest BCUT2D eigenvalue weighted by atomic mass is 35.5.